The fourth-order valence-corrected chi connectivity index (χ4v) is 2.51. The van der Waals surface area contributed by atoms with Gasteiger partial charge in [-0.1, -0.05) is 37.3 Å². The summed E-state index contributed by atoms with van der Waals surface area (Å²) in [6.07, 6.45) is 1.02. The lowest BCUT2D eigenvalue weighted by Crippen LogP contribution is -2.33. The van der Waals surface area contributed by atoms with Crippen LogP contribution in [0.25, 0.3) is 0 Å². The lowest BCUT2D eigenvalue weighted by atomic mass is 10.1. The van der Waals surface area contributed by atoms with Gasteiger partial charge in [-0.3, -0.25) is 4.79 Å². The van der Waals surface area contributed by atoms with Crippen LogP contribution in [0.5, 0.6) is 0 Å². The van der Waals surface area contributed by atoms with Crippen LogP contribution in [0.2, 0.25) is 0 Å². The maximum atomic E-state index is 11.9. The van der Waals surface area contributed by atoms with Gasteiger partial charge < -0.3 is 11.1 Å². The molecule has 1 aromatic heterocycles. The Labute approximate surface area is 117 Å². The van der Waals surface area contributed by atoms with Crippen molar-refractivity contribution in [1.82, 2.24) is 5.32 Å². The number of rotatable bonds is 5. The Bertz CT molecular complexity index is 520. The Balaban J connectivity index is 1.89. The van der Waals surface area contributed by atoms with Crippen LogP contribution >= 0.6 is 11.3 Å². The van der Waals surface area contributed by atoms with E-state index in [2.05, 4.69) is 24.4 Å². The van der Waals surface area contributed by atoms with Gasteiger partial charge in [0.15, 0.2) is 0 Å². The number of nitrogens with one attached hydrogen (secondary N) is 1. The summed E-state index contributed by atoms with van der Waals surface area (Å²) in [5.41, 5.74) is 8.27. The van der Waals surface area contributed by atoms with Gasteiger partial charge in [0.2, 0.25) is 5.91 Å². The van der Waals surface area contributed by atoms with Crippen LogP contribution in [-0.2, 0) is 17.8 Å². The number of hydrogen-bond acceptors (Lipinski definition) is 3. The number of hydrogen-bond donors (Lipinski definition) is 2. The minimum atomic E-state index is -0.574. The predicted molar refractivity (Wildman–Crippen MR) is 78.9 cm³/mol. The molecule has 1 amide bonds. The summed E-state index contributed by atoms with van der Waals surface area (Å²) >= 11 is 1.50. The van der Waals surface area contributed by atoms with Crippen LogP contribution in [0.3, 0.4) is 0 Å². The zero-order valence-electron chi connectivity index (χ0n) is 10.9. The highest BCUT2D eigenvalue weighted by atomic mass is 32.1. The van der Waals surface area contributed by atoms with Gasteiger partial charge >= 0.3 is 0 Å². The first kappa shape index (κ1) is 13.8. The Morgan fingerprint density at radius 2 is 1.95 bits per heavy atom. The predicted octanol–water partition coefficient (Wildman–Crippen LogP) is 2.63. The summed E-state index contributed by atoms with van der Waals surface area (Å²) in [4.78, 5) is 12.8. The zero-order chi connectivity index (χ0) is 13.7. The van der Waals surface area contributed by atoms with E-state index >= 15 is 0 Å². The molecule has 0 saturated carbocycles. The van der Waals surface area contributed by atoms with Gasteiger partial charge in [0.25, 0.3) is 0 Å². The molecule has 1 unspecified atom stereocenters. The average Bonchev–Trinajstić information content (AvgIpc) is 2.98. The van der Waals surface area contributed by atoms with Crippen molar-refractivity contribution < 1.29 is 4.79 Å². The van der Waals surface area contributed by atoms with Crippen molar-refractivity contribution in [3.63, 3.8) is 0 Å². The molecule has 1 atom stereocenters. The SMILES string of the molecule is CCc1ccc(CNC(=O)C(N)c2cccs2)cc1. The van der Waals surface area contributed by atoms with Crippen molar-refractivity contribution in [2.24, 2.45) is 5.73 Å². The molecule has 2 rings (SSSR count). The number of carbonyl (C=O) groups excluding carboxylic acids is 1. The summed E-state index contributed by atoms with van der Waals surface area (Å²) in [7, 11) is 0. The average molecular weight is 274 g/mol. The van der Waals surface area contributed by atoms with Crippen molar-refractivity contribution in [3.8, 4) is 0 Å². The number of thiophene rings is 1. The maximum Gasteiger partial charge on any atom is 0.242 e. The molecule has 3 N–H and O–H groups in total. The molecule has 0 aliphatic heterocycles. The van der Waals surface area contributed by atoms with Crippen molar-refractivity contribution in [3.05, 3.63) is 57.8 Å². The second-order valence-corrected chi connectivity index (χ2v) is 5.36. The maximum absolute atomic E-state index is 11.9. The largest absolute Gasteiger partial charge is 0.350 e. The zero-order valence-corrected chi connectivity index (χ0v) is 11.7. The lowest BCUT2D eigenvalue weighted by Gasteiger charge is -2.11. The standard InChI is InChI=1S/C15H18N2OS/c1-2-11-5-7-12(8-6-11)10-17-15(18)14(16)13-4-3-9-19-13/h3-9,14H,2,10,16H2,1H3,(H,17,18). The third-order valence-electron chi connectivity index (χ3n) is 3.03. The van der Waals surface area contributed by atoms with Crippen LogP contribution in [0.15, 0.2) is 41.8 Å². The summed E-state index contributed by atoms with van der Waals surface area (Å²) in [6.45, 7) is 2.64. The van der Waals surface area contributed by atoms with Gasteiger partial charge in [0.05, 0.1) is 0 Å². The van der Waals surface area contributed by atoms with E-state index in [1.807, 2.05) is 29.6 Å². The molecule has 1 heterocycles. The molecule has 100 valence electrons. The van der Waals surface area contributed by atoms with Crippen molar-refractivity contribution in [2.45, 2.75) is 25.9 Å². The summed E-state index contributed by atoms with van der Waals surface area (Å²) in [5, 5.41) is 4.79. The molecular weight excluding hydrogens is 256 g/mol. The summed E-state index contributed by atoms with van der Waals surface area (Å²) < 4.78 is 0. The highest BCUT2D eigenvalue weighted by Gasteiger charge is 2.15. The molecule has 0 radical (unpaired) electrons. The van der Waals surface area contributed by atoms with E-state index in [4.69, 9.17) is 5.73 Å². The molecule has 0 fully saturated rings. The van der Waals surface area contributed by atoms with E-state index in [0.29, 0.717) is 6.54 Å². The molecule has 0 aliphatic carbocycles. The monoisotopic (exact) mass is 274 g/mol. The van der Waals surface area contributed by atoms with Crippen LogP contribution in [-0.4, -0.2) is 5.91 Å². The number of benzene rings is 1. The van der Waals surface area contributed by atoms with E-state index in [1.54, 1.807) is 0 Å². The summed E-state index contributed by atoms with van der Waals surface area (Å²) in [6, 6.07) is 11.4. The lowest BCUT2D eigenvalue weighted by molar-refractivity contribution is -0.122. The topological polar surface area (TPSA) is 55.1 Å². The molecule has 4 heteroatoms. The highest BCUT2D eigenvalue weighted by Crippen LogP contribution is 2.16. The third kappa shape index (κ3) is 3.66. The minimum absolute atomic E-state index is 0.137. The van der Waals surface area contributed by atoms with E-state index in [9.17, 15) is 4.79 Å². The van der Waals surface area contributed by atoms with Gasteiger partial charge in [-0.05, 0) is 29.0 Å². The molecule has 2 aromatic rings. The van der Waals surface area contributed by atoms with Crippen LogP contribution < -0.4 is 11.1 Å². The molecule has 0 saturated heterocycles. The molecule has 19 heavy (non-hydrogen) atoms. The molecule has 1 aromatic carbocycles. The van der Waals surface area contributed by atoms with Gasteiger partial charge in [-0.15, -0.1) is 11.3 Å². The second kappa shape index (κ2) is 6.50. The molecule has 0 bridgehead atoms. The Hall–Kier alpha value is -1.65. The van der Waals surface area contributed by atoms with Crippen molar-refractivity contribution in [2.75, 3.05) is 0 Å². The Morgan fingerprint density at radius 3 is 2.53 bits per heavy atom. The smallest absolute Gasteiger partial charge is 0.242 e. The van der Waals surface area contributed by atoms with E-state index in [-0.39, 0.29) is 5.91 Å². The van der Waals surface area contributed by atoms with Gasteiger partial charge in [0, 0.05) is 11.4 Å². The highest BCUT2D eigenvalue weighted by molar-refractivity contribution is 7.10. The van der Waals surface area contributed by atoms with E-state index in [0.717, 1.165) is 16.9 Å². The molecular formula is C15H18N2OS. The fraction of sp³-hybridized carbons (Fsp3) is 0.267. The van der Waals surface area contributed by atoms with Crippen LogP contribution in [0.4, 0.5) is 0 Å². The summed E-state index contributed by atoms with van der Waals surface area (Å²) in [5.74, 6) is -0.137. The van der Waals surface area contributed by atoms with Gasteiger partial charge in [0.1, 0.15) is 6.04 Å². The molecule has 0 spiro atoms. The first-order valence-corrected chi connectivity index (χ1v) is 7.23. The first-order chi connectivity index (χ1) is 9.20. The normalized spacial score (nSPS) is 12.1. The number of nitrogens with two attached hydrogens (primary N) is 1. The van der Waals surface area contributed by atoms with Crippen molar-refractivity contribution >= 4 is 17.2 Å². The van der Waals surface area contributed by atoms with Crippen LogP contribution in [0.1, 0.15) is 29.0 Å². The number of aryl methyl sites for hydroxylation is 1. The minimum Gasteiger partial charge on any atom is -0.350 e. The number of carbonyl (C=O) groups is 1. The van der Waals surface area contributed by atoms with E-state index in [1.165, 1.54) is 16.9 Å². The van der Waals surface area contributed by atoms with Crippen molar-refractivity contribution in [1.29, 1.82) is 0 Å². The van der Waals surface area contributed by atoms with Gasteiger partial charge in [-0.2, -0.15) is 0 Å². The second-order valence-electron chi connectivity index (χ2n) is 4.38. The third-order valence-corrected chi connectivity index (χ3v) is 3.99. The quantitative estimate of drug-likeness (QED) is 0.880. The Kier molecular flexibility index (Phi) is 4.71. The first-order valence-electron chi connectivity index (χ1n) is 6.35. The molecule has 3 nitrogen and oxygen atoms in total. The van der Waals surface area contributed by atoms with Gasteiger partial charge in [-0.25, -0.2) is 0 Å². The fourth-order valence-electron chi connectivity index (χ4n) is 1.79. The van der Waals surface area contributed by atoms with E-state index < -0.39 is 6.04 Å². The Morgan fingerprint density at radius 1 is 1.26 bits per heavy atom. The number of amides is 1. The molecule has 0 aliphatic rings. The van der Waals surface area contributed by atoms with Crippen LogP contribution in [0, 0.1) is 0 Å².